The number of hydrogen-bond donors (Lipinski definition) is 3. The Bertz CT molecular complexity index is 1110. The van der Waals surface area contributed by atoms with Gasteiger partial charge in [0.25, 0.3) is 0 Å². The smallest absolute Gasteiger partial charge is 0.231 e. The molecule has 0 fully saturated rings. The normalized spacial score (nSPS) is 12.8. The van der Waals surface area contributed by atoms with Crippen LogP contribution in [0.2, 0.25) is 5.02 Å². The van der Waals surface area contributed by atoms with Crippen molar-refractivity contribution in [2.45, 2.75) is 31.2 Å². The molecule has 150 valence electrons. The van der Waals surface area contributed by atoms with Gasteiger partial charge in [0.05, 0.1) is 28.1 Å². The van der Waals surface area contributed by atoms with Crippen LogP contribution in [0.25, 0.3) is 11.0 Å². The zero-order valence-electron chi connectivity index (χ0n) is 16.0. The lowest BCUT2D eigenvalue weighted by Crippen LogP contribution is -2.15. The number of nitrogens with one attached hydrogen (secondary N) is 3. The van der Waals surface area contributed by atoms with Crippen molar-refractivity contribution in [3.05, 3.63) is 29.4 Å². The molecule has 1 atom stereocenters. The number of anilines is 3. The second-order valence-electron chi connectivity index (χ2n) is 6.47. The third kappa shape index (κ3) is 4.15. The van der Waals surface area contributed by atoms with E-state index in [-0.39, 0.29) is 10.9 Å². The maximum Gasteiger partial charge on any atom is 0.231 e. The van der Waals surface area contributed by atoms with E-state index in [2.05, 4.69) is 39.4 Å². The molecule has 3 rings (SSSR count). The summed E-state index contributed by atoms with van der Waals surface area (Å²) in [6, 6.07) is 4.77. The molecule has 28 heavy (non-hydrogen) atoms. The fourth-order valence-corrected chi connectivity index (χ4v) is 3.49. The quantitative estimate of drug-likeness (QED) is 0.527. The molecule has 1 aromatic carbocycles. The van der Waals surface area contributed by atoms with Gasteiger partial charge < -0.3 is 20.4 Å². The number of ether oxygens (including phenoxy) is 1. The molecule has 0 saturated heterocycles. The molecule has 0 bridgehead atoms. The van der Waals surface area contributed by atoms with E-state index in [0.29, 0.717) is 39.3 Å². The van der Waals surface area contributed by atoms with Gasteiger partial charge in [0, 0.05) is 24.6 Å². The first-order chi connectivity index (χ1) is 13.2. The number of methoxy groups -OCH3 is 1. The maximum atomic E-state index is 11.8. The highest BCUT2D eigenvalue weighted by Gasteiger charge is 2.16. The minimum absolute atomic E-state index is 0.168. The summed E-state index contributed by atoms with van der Waals surface area (Å²) in [7, 11) is -1.87. The molecule has 0 radical (unpaired) electrons. The molecular formula is C18H22ClN5O3S. The van der Waals surface area contributed by atoms with E-state index in [1.165, 1.54) is 19.2 Å². The van der Waals surface area contributed by atoms with Crippen molar-refractivity contribution < 1.29 is 13.2 Å². The molecule has 0 aliphatic rings. The van der Waals surface area contributed by atoms with Crippen molar-refractivity contribution in [1.82, 2.24) is 15.0 Å². The van der Waals surface area contributed by atoms with E-state index in [0.717, 1.165) is 12.7 Å². The van der Waals surface area contributed by atoms with Crippen LogP contribution in [0.1, 0.15) is 20.3 Å². The van der Waals surface area contributed by atoms with Crippen molar-refractivity contribution in [1.29, 1.82) is 0 Å². The Balaban J connectivity index is 2.03. The van der Waals surface area contributed by atoms with Crippen molar-refractivity contribution in [2.75, 3.05) is 24.0 Å². The Kier molecular flexibility index (Phi) is 5.66. The number of hydrogen-bond acceptors (Lipinski definition) is 7. The Morgan fingerprint density at radius 1 is 1.32 bits per heavy atom. The first-order valence-corrected chi connectivity index (χ1v) is 11.0. The average Bonchev–Trinajstić information content (AvgIpc) is 3.02. The summed E-state index contributed by atoms with van der Waals surface area (Å²) < 4.78 is 28.9. The van der Waals surface area contributed by atoms with Gasteiger partial charge in [0.2, 0.25) is 5.95 Å². The molecule has 0 spiro atoms. The van der Waals surface area contributed by atoms with Crippen molar-refractivity contribution in [2.24, 2.45) is 0 Å². The van der Waals surface area contributed by atoms with Crippen LogP contribution in [-0.4, -0.2) is 42.8 Å². The number of fused-ring (bicyclic) bond motifs is 1. The number of rotatable bonds is 7. The van der Waals surface area contributed by atoms with E-state index < -0.39 is 9.84 Å². The number of nitrogens with zero attached hydrogens (tertiary/aromatic N) is 2. The highest BCUT2D eigenvalue weighted by Crippen LogP contribution is 2.33. The Morgan fingerprint density at radius 3 is 2.71 bits per heavy atom. The van der Waals surface area contributed by atoms with Gasteiger partial charge in [-0.05, 0) is 25.5 Å². The van der Waals surface area contributed by atoms with E-state index in [1.807, 2.05) is 0 Å². The first-order valence-electron chi connectivity index (χ1n) is 8.69. The standard InChI is InChI=1S/C18H22ClN5O3S/c1-5-10(2)21-17-15-12(19)9-20-16(15)23-18(24-17)22-13-7-6-11(28(4,25)26)8-14(13)27-3/h6-10H,5H2,1-4H3,(H3,20,21,22,23,24)/t10-/m1/s1. The van der Waals surface area contributed by atoms with Gasteiger partial charge in [-0.2, -0.15) is 9.97 Å². The minimum Gasteiger partial charge on any atom is -0.495 e. The summed E-state index contributed by atoms with van der Waals surface area (Å²) in [4.78, 5) is 12.2. The van der Waals surface area contributed by atoms with Crippen LogP contribution in [0, 0.1) is 0 Å². The fourth-order valence-electron chi connectivity index (χ4n) is 2.62. The molecule has 0 amide bonds. The predicted molar refractivity (Wildman–Crippen MR) is 112 cm³/mol. The van der Waals surface area contributed by atoms with Crippen LogP contribution in [-0.2, 0) is 9.84 Å². The van der Waals surface area contributed by atoms with Crippen LogP contribution in [0.5, 0.6) is 5.75 Å². The largest absolute Gasteiger partial charge is 0.495 e. The lowest BCUT2D eigenvalue weighted by atomic mass is 10.2. The zero-order valence-corrected chi connectivity index (χ0v) is 17.6. The van der Waals surface area contributed by atoms with Gasteiger partial charge in [-0.3, -0.25) is 0 Å². The summed E-state index contributed by atoms with van der Waals surface area (Å²) >= 11 is 6.28. The molecular weight excluding hydrogens is 402 g/mol. The molecule has 0 unspecified atom stereocenters. The number of halogens is 1. The third-order valence-corrected chi connectivity index (χ3v) is 5.73. The van der Waals surface area contributed by atoms with Gasteiger partial charge in [-0.1, -0.05) is 18.5 Å². The lowest BCUT2D eigenvalue weighted by Gasteiger charge is -2.15. The average molecular weight is 424 g/mol. The predicted octanol–water partition coefficient (Wildman–Crippen LogP) is 3.98. The number of benzene rings is 1. The molecule has 8 nitrogen and oxygen atoms in total. The van der Waals surface area contributed by atoms with Gasteiger partial charge in [-0.15, -0.1) is 0 Å². The topological polar surface area (TPSA) is 109 Å². The molecule has 2 aromatic heterocycles. The number of H-pyrrole nitrogens is 1. The number of sulfone groups is 1. The molecule has 0 aliphatic heterocycles. The van der Waals surface area contributed by atoms with E-state index in [1.54, 1.807) is 12.3 Å². The lowest BCUT2D eigenvalue weighted by molar-refractivity contribution is 0.415. The van der Waals surface area contributed by atoms with Gasteiger partial charge in [0.15, 0.2) is 9.84 Å². The Labute approximate surface area is 168 Å². The highest BCUT2D eigenvalue weighted by atomic mass is 35.5. The van der Waals surface area contributed by atoms with E-state index in [4.69, 9.17) is 16.3 Å². The van der Waals surface area contributed by atoms with Crippen LogP contribution in [0.4, 0.5) is 17.5 Å². The Morgan fingerprint density at radius 2 is 2.07 bits per heavy atom. The van der Waals surface area contributed by atoms with Crippen LogP contribution in [0.15, 0.2) is 29.3 Å². The van der Waals surface area contributed by atoms with Crippen molar-refractivity contribution in [3.8, 4) is 5.75 Å². The number of aromatic amines is 1. The van der Waals surface area contributed by atoms with Gasteiger partial charge in [-0.25, -0.2) is 8.42 Å². The van der Waals surface area contributed by atoms with Crippen LogP contribution in [0.3, 0.4) is 0 Å². The summed E-state index contributed by atoms with van der Waals surface area (Å²) in [5, 5.41) is 7.67. The minimum atomic E-state index is -3.34. The molecule has 0 saturated carbocycles. The zero-order chi connectivity index (χ0) is 20.5. The highest BCUT2D eigenvalue weighted by molar-refractivity contribution is 7.90. The third-order valence-electron chi connectivity index (χ3n) is 4.33. The Hall–Kier alpha value is -2.52. The summed E-state index contributed by atoms with van der Waals surface area (Å²) in [6.07, 6.45) is 3.72. The molecule has 3 aromatic rings. The van der Waals surface area contributed by atoms with Crippen LogP contribution < -0.4 is 15.4 Å². The van der Waals surface area contributed by atoms with Gasteiger partial charge in [0.1, 0.15) is 17.2 Å². The fraction of sp³-hybridized carbons (Fsp3) is 0.333. The maximum absolute atomic E-state index is 11.8. The molecule has 3 N–H and O–H groups in total. The molecule has 0 aliphatic carbocycles. The van der Waals surface area contributed by atoms with E-state index >= 15 is 0 Å². The second-order valence-corrected chi connectivity index (χ2v) is 8.89. The summed E-state index contributed by atoms with van der Waals surface area (Å²) in [5.41, 5.74) is 1.13. The van der Waals surface area contributed by atoms with Gasteiger partial charge >= 0.3 is 0 Å². The molecule has 10 heteroatoms. The van der Waals surface area contributed by atoms with E-state index in [9.17, 15) is 8.42 Å². The SMILES string of the molecule is CC[C@@H](C)Nc1nc(Nc2ccc(S(C)(=O)=O)cc2OC)nc2[nH]cc(Cl)c12. The number of aromatic nitrogens is 3. The first kappa shape index (κ1) is 20.2. The second kappa shape index (κ2) is 7.84. The van der Waals surface area contributed by atoms with Crippen LogP contribution >= 0.6 is 11.6 Å². The van der Waals surface area contributed by atoms with Crippen molar-refractivity contribution >= 4 is 49.9 Å². The van der Waals surface area contributed by atoms with Crippen molar-refractivity contribution in [3.63, 3.8) is 0 Å². The monoisotopic (exact) mass is 423 g/mol. The summed E-state index contributed by atoms with van der Waals surface area (Å²) in [6.45, 7) is 4.12. The molecule has 2 heterocycles. The summed E-state index contributed by atoms with van der Waals surface area (Å²) in [5.74, 6) is 1.30.